The number of ether oxygens (including phenoxy) is 2. The second kappa shape index (κ2) is 14.5. The second-order valence-electron chi connectivity index (χ2n) is 10.2. The van der Waals surface area contributed by atoms with Gasteiger partial charge in [0.25, 0.3) is 11.5 Å². The van der Waals surface area contributed by atoms with Crippen molar-refractivity contribution in [2.45, 2.75) is 0 Å². The van der Waals surface area contributed by atoms with Crippen LogP contribution in [0.5, 0.6) is 57.5 Å². The van der Waals surface area contributed by atoms with Crippen LogP contribution < -0.4 is 54.5 Å². The average Bonchev–Trinajstić information content (AvgIpc) is 3.16. The molecule has 0 bridgehead atoms. The Morgan fingerprint density at radius 2 is 0.962 bits per heavy atom. The topological polar surface area (TPSA) is 305 Å². The summed E-state index contributed by atoms with van der Waals surface area (Å²) in [5.74, 6) is -5.46. The average molecular weight is 728 g/mol. The molecular formula is C31H20O21. The van der Waals surface area contributed by atoms with Gasteiger partial charge in [0.15, 0.2) is 28.8 Å². The molecule has 0 aliphatic heterocycles. The van der Waals surface area contributed by atoms with Crippen LogP contribution >= 0.6 is 0 Å². The fourth-order valence-corrected chi connectivity index (χ4v) is 5.06. The Kier molecular flexibility index (Phi) is 9.71. The van der Waals surface area contributed by atoms with E-state index in [0.717, 1.165) is 48.5 Å². The first-order valence-electron chi connectivity index (χ1n) is 13.9. The lowest BCUT2D eigenvalue weighted by Gasteiger charge is -2.15. The van der Waals surface area contributed by atoms with Gasteiger partial charge in [-0.1, -0.05) is 0 Å². The maximum Gasteiger partial charge on any atom is 0.256 e. The third-order valence-electron chi connectivity index (χ3n) is 7.33. The maximum atomic E-state index is 13.6. The standard InChI is InChI=1S/C31H20O21/c32-16-7-14(46-35)9-22-24(16)26(33)30(51-40)28(44-22)12-1-3-17(48-37)19(5-12)42-11-43-21-8-15(47-36)10-23-25(21)27(34)31(52-41)29(45-23)13-2-4-18(49-38)20(6-13)50-39/h1-10,32,35-41H,11H2. The van der Waals surface area contributed by atoms with E-state index >= 15 is 0 Å². The van der Waals surface area contributed by atoms with Crippen LogP contribution in [0.1, 0.15) is 0 Å². The monoisotopic (exact) mass is 728 g/mol. The van der Waals surface area contributed by atoms with Gasteiger partial charge >= 0.3 is 0 Å². The summed E-state index contributed by atoms with van der Waals surface area (Å²) < 4.78 is 22.6. The van der Waals surface area contributed by atoms with E-state index in [0.29, 0.717) is 0 Å². The Morgan fingerprint density at radius 3 is 1.50 bits per heavy atom. The van der Waals surface area contributed by atoms with Crippen molar-refractivity contribution >= 4 is 21.9 Å². The molecule has 0 saturated heterocycles. The molecule has 0 fully saturated rings. The van der Waals surface area contributed by atoms with Gasteiger partial charge in [0.2, 0.25) is 34.9 Å². The zero-order valence-electron chi connectivity index (χ0n) is 25.4. The highest BCUT2D eigenvalue weighted by atomic mass is 17.1. The Hall–Kier alpha value is -6.98. The number of hydrogen-bond acceptors (Lipinski definition) is 21. The highest BCUT2D eigenvalue weighted by Crippen LogP contribution is 2.41. The van der Waals surface area contributed by atoms with E-state index < -0.39 is 57.6 Å². The van der Waals surface area contributed by atoms with Crippen LogP contribution in [0, 0.1) is 0 Å². The van der Waals surface area contributed by atoms with E-state index in [1.807, 2.05) is 0 Å². The highest BCUT2D eigenvalue weighted by Gasteiger charge is 2.25. The summed E-state index contributed by atoms with van der Waals surface area (Å²) in [5, 5.41) is 74.6. The fraction of sp³-hybridized carbons (Fsp3) is 0.0323. The van der Waals surface area contributed by atoms with Crippen molar-refractivity contribution in [3.8, 4) is 80.1 Å². The summed E-state index contributed by atoms with van der Waals surface area (Å²) >= 11 is 0. The molecule has 270 valence electrons. The molecule has 0 radical (unpaired) electrons. The van der Waals surface area contributed by atoms with Gasteiger partial charge in [0, 0.05) is 35.4 Å². The van der Waals surface area contributed by atoms with Gasteiger partial charge in [-0.2, -0.15) is 0 Å². The Bertz CT molecular complexity index is 2420. The van der Waals surface area contributed by atoms with Crippen molar-refractivity contribution in [1.29, 1.82) is 0 Å². The van der Waals surface area contributed by atoms with E-state index in [1.165, 1.54) is 12.1 Å². The molecule has 0 aliphatic carbocycles. The Balaban J connectivity index is 1.37. The number of phenols is 1. The minimum Gasteiger partial charge on any atom is -0.507 e. The van der Waals surface area contributed by atoms with E-state index in [4.69, 9.17) is 34.1 Å². The molecule has 52 heavy (non-hydrogen) atoms. The molecule has 0 saturated carbocycles. The summed E-state index contributed by atoms with van der Waals surface area (Å²) in [6, 6.07) is 11.0. The Morgan fingerprint density at radius 1 is 0.481 bits per heavy atom. The number of phenolic OH excluding ortho intramolecular Hbond substituents is 1. The van der Waals surface area contributed by atoms with E-state index in [-0.39, 0.29) is 62.2 Å². The van der Waals surface area contributed by atoms with Crippen molar-refractivity contribution in [2.24, 2.45) is 0 Å². The third-order valence-corrected chi connectivity index (χ3v) is 7.33. The van der Waals surface area contributed by atoms with Crippen molar-refractivity contribution < 1.29 is 94.4 Å². The molecule has 6 rings (SSSR count). The van der Waals surface area contributed by atoms with Crippen LogP contribution in [0.2, 0.25) is 0 Å². The van der Waals surface area contributed by atoms with Gasteiger partial charge in [-0.05, 0) is 36.4 Å². The highest BCUT2D eigenvalue weighted by molar-refractivity contribution is 5.89. The first-order chi connectivity index (χ1) is 25.2. The van der Waals surface area contributed by atoms with Gasteiger partial charge in [-0.15, -0.1) is 0 Å². The zero-order chi connectivity index (χ0) is 37.1. The smallest absolute Gasteiger partial charge is 0.256 e. The minimum atomic E-state index is -1.03. The molecule has 0 atom stereocenters. The number of benzene rings is 4. The van der Waals surface area contributed by atoms with Crippen molar-refractivity contribution in [1.82, 2.24) is 0 Å². The summed E-state index contributed by atoms with van der Waals surface area (Å²) in [4.78, 5) is 56.2. The maximum absolute atomic E-state index is 13.6. The van der Waals surface area contributed by atoms with E-state index in [1.54, 1.807) is 0 Å². The van der Waals surface area contributed by atoms with Crippen molar-refractivity contribution in [3.05, 3.63) is 81.1 Å². The summed E-state index contributed by atoms with van der Waals surface area (Å²) in [6.07, 6.45) is 0. The number of rotatable bonds is 13. The number of fused-ring (bicyclic) bond motifs is 2. The lowest BCUT2D eigenvalue weighted by molar-refractivity contribution is -0.164. The predicted octanol–water partition coefficient (Wildman–Crippen LogP) is 5.32. The number of aromatic hydroxyl groups is 1. The van der Waals surface area contributed by atoms with Gasteiger partial charge in [0.05, 0.1) is 0 Å². The summed E-state index contributed by atoms with van der Waals surface area (Å²) in [7, 11) is 0. The van der Waals surface area contributed by atoms with Crippen LogP contribution in [0.15, 0.2) is 79.1 Å². The van der Waals surface area contributed by atoms with E-state index in [9.17, 15) is 35.7 Å². The molecule has 4 aromatic carbocycles. The second-order valence-corrected chi connectivity index (χ2v) is 10.2. The van der Waals surface area contributed by atoms with Crippen molar-refractivity contribution in [2.75, 3.05) is 6.79 Å². The van der Waals surface area contributed by atoms with Crippen LogP contribution in [-0.4, -0.2) is 48.7 Å². The summed E-state index contributed by atoms with van der Waals surface area (Å²) in [5.41, 5.74) is -2.75. The zero-order valence-corrected chi connectivity index (χ0v) is 25.4. The normalized spacial score (nSPS) is 10.9. The molecule has 21 heteroatoms. The SMILES string of the molecule is O=c1c(OO)c(-c2ccc(OO)c(OCOc3cc(OO)cc4oc(-c5ccc(OO)c(OO)c5)c(OO)c(=O)c34)c2)oc2cc(OO)cc(O)c12. The molecule has 2 aromatic heterocycles. The van der Waals surface area contributed by atoms with Gasteiger partial charge < -0.3 is 57.6 Å². The van der Waals surface area contributed by atoms with E-state index in [2.05, 4.69) is 34.2 Å². The molecular weight excluding hydrogens is 708 g/mol. The lowest BCUT2D eigenvalue weighted by Crippen LogP contribution is -2.12. The molecule has 0 aliphatic rings. The number of hydrogen-bond donors (Lipinski definition) is 8. The van der Waals surface area contributed by atoms with Crippen LogP contribution in [-0.2, 0) is 0 Å². The molecule has 0 amide bonds. The predicted molar refractivity (Wildman–Crippen MR) is 166 cm³/mol. The third kappa shape index (κ3) is 6.16. The minimum absolute atomic E-state index is 0.0404. The molecule has 21 nitrogen and oxygen atoms in total. The largest absolute Gasteiger partial charge is 0.507 e. The fourth-order valence-electron chi connectivity index (χ4n) is 5.06. The molecule has 6 aromatic rings. The Labute approximate surface area is 284 Å². The molecule has 0 unspecified atom stereocenters. The lowest BCUT2D eigenvalue weighted by atomic mass is 10.1. The van der Waals surface area contributed by atoms with Crippen LogP contribution in [0.4, 0.5) is 0 Å². The van der Waals surface area contributed by atoms with Gasteiger partial charge in [0.1, 0.15) is 33.4 Å². The molecule has 8 N–H and O–H groups in total. The summed E-state index contributed by atoms with van der Waals surface area (Å²) in [6.45, 7) is -0.795. The van der Waals surface area contributed by atoms with Crippen molar-refractivity contribution in [3.63, 3.8) is 0 Å². The van der Waals surface area contributed by atoms with Gasteiger partial charge in [-0.3, -0.25) is 9.59 Å². The van der Waals surface area contributed by atoms with Crippen LogP contribution in [0.3, 0.4) is 0 Å². The quantitative estimate of drug-likeness (QED) is 0.0424. The van der Waals surface area contributed by atoms with Gasteiger partial charge in [-0.25, -0.2) is 36.8 Å². The first kappa shape index (κ1) is 34.9. The molecule has 0 spiro atoms. The first-order valence-corrected chi connectivity index (χ1v) is 13.9. The molecule has 2 heterocycles. The van der Waals surface area contributed by atoms with Crippen LogP contribution in [0.25, 0.3) is 44.6 Å².